The molecule has 2 rings (SSSR count). The fourth-order valence-electron chi connectivity index (χ4n) is 4.06. The van der Waals surface area contributed by atoms with Gasteiger partial charge in [0.05, 0.1) is 0 Å². The molecule has 27 heavy (non-hydrogen) atoms. The van der Waals surface area contributed by atoms with Crippen LogP contribution in [0.15, 0.2) is 0 Å². The Morgan fingerprint density at radius 1 is 0.630 bits per heavy atom. The molecular weight excluding hydrogens is 412 g/mol. The van der Waals surface area contributed by atoms with Crippen molar-refractivity contribution in [3.8, 4) is 0 Å². The Balaban J connectivity index is 2.48. The van der Waals surface area contributed by atoms with Gasteiger partial charge in [0.1, 0.15) is 0 Å². The van der Waals surface area contributed by atoms with Crippen LogP contribution in [0.2, 0.25) is 0 Å². The average Bonchev–Trinajstić information content (AvgIpc) is 3.06. The van der Waals surface area contributed by atoms with Crippen molar-refractivity contribution in [2.45, 2.75) is 67.8 Å². The third kappa shape index (κ3) is 3.07. The first-order valence-corrected chi connectivity index (χ1v) is 7.79. The topological polar surface area (TPSA) is 20.2 Å². The van der Waals surface area contributed by atoms with Crippen molar-refractivity contribution in [2.24, 2.45) is 17.8 Å². The van der Waals surface area contributed by atoms with E-state index in [-0.39, 0.29) is 18.8 Å². The van der Waals surface area contributed by atoms with Crippen molar-refractivity contribution in [1.82, 2.24) is 0 Å². The van der Waals surface area contributed by atoms with Gasteiger partial charge in [-0.15, -0.1) is 0 Å². The lowest BCUT2D eigenvalue weighted by atomic mass is 9.75. The van der Waals surface area contributed by atoms with Gasteiger partial charge in [-0.2, -0.15) is 52.7 Å². The van der Waals surface area contributed by atoms with E-state index < -0.39 is 54.0 Å². The minimum absolute atomic E-state index is 0.139. The molecule has 0 aromatic heterocycles. The molecule has 0 heterocycles. The van der Waals surface area contributed by atoms with Crippen LogP contribution in [0, 0.1) is 17.8 Å². The van der Waals surface area contributed by atoms with Crippen LogP contribution in [0.4, 0.5) is 52.7 Å². The molecule has 2 bridgehead atoms. The summed E-state index contributed by atoms with van der Waals surface area (Å²) in [5.74, 6) is -24.4. The highest BCUT2D eigenvalue weighted by atomic mass is 19.4. The lowest BCUT2D eigenvalue weighted by Crippen LogP contribution is -2.72. The molecule has 2 fully saturated rings. The fourth-order valence-corrected chi connectivity index (χ4v) is 4.06. The number of hydrogen-bond donors (Lipinski definition) is 1. The second-order valence-corrected chi connectivity index (χ2v) is 7.22. The molecule has 0 aromatic rings. The molecule has 1 nitrogen and oxygen atoms in total. The second-order valence-electron chi connectivity index (χ2n) is 7.22. The Hall–Kier alpha value is -0.880. The molecule has 0 amide bonds. The third-order valence-corrected chi connectivity index (χ3v) is 5.58. The maximum atomic E-state index is 14.0. The molecular formula is C14H14F12O. The van der Waals surface area contributed by atoms with Crippen LogP contribution in [-0.4, -0.2) is 40.8 Å². The molecule has 13 heteroatoms. The largest absolute Gasteiger partial charge is 0.460 e. The monoisotopic (exact) mass is 426 g/mol. The van der Waals surface area contributed by atoms with E-state index in [0.717, 1.165) is 0 Å². The molecule has 2 aliphatic carbocycles. The number of halogens is 12. The number of aliphatic hydroxyl groups is 1. The summed E-state index contributed by atoms with van der Waals surface area (Å²) in [5, 5.41) is 9.47. The molecule has 160 valence electrons. The zero-order valence-corrected chi connectivity index (χ0v) is 13.3. The van der Waals surface area contributed by atoms with E-state index >= 15 is 0 Å². The van der Waals surface area contributed by atoms with E-state index in [4.69, 9.17) is 0 Å². The molecule has 4 atom stereocenters. The third-order valence-electron chi connectivity index (χ3n) is 5.58. The van der Waals surface area contributed by atoms with Crippen LogP contribution in [0.1, 0.15) is 32.1 Å². The number of alkyl halides is 12. The molecule has 2 saturated carbocycles. The number of fused-ring (bicyclic) bond motifs is 2. The lowest BCUT2D eigenvalue weighted by molar-refractivity contribution is -0.443. The normalized spacial score (nSPS) is 29.9. The summed E-state index contributed by atoms with van der Waals surface area (Å²) in [6, 6.07) is 0. The molecule has 1 N–H and O–H groups in total. The highest BCUT2D eigenvalue weighted by Gasteiger charge is 2.89. The maximum Gasteiger partial charge on any atom is 0.460 e. The standard InChI is InChI=1S/C14H14F12O/c15-10(16,11(17,18)12(19,20)14(24,25)26)9(27,13(21,22)23)5-8-4-6-1-2-7(8)3-6/h6-8,27H,1-5H2. The van der Waals surface area contributed by atoms with Gasteiger partial charge in [-0.25, -0.2) is 0 Å². The van der Waals surface area contributed by atoms with Gasteiger partial charge in [-0.05, 0) is 43.4 Å². The SMILES string of the molecule is OC(CC1CC2CCC1C2)(C(F)(F)F)C(F)(F)C(F)(F)C(F)(F)C(F)(F)F. The Morgan fingerprint density at radius 2 is 1.15 bits per heavy atom. The van der Waals surface area contributed by atoms with E-state index in [0.29, 0.717) is 12.8 Å². The van der Waals surface area contributed by atoms with Crippen molar-refractivity contribution in [3.63, 3.8) is 0 Å². The summed E-state index contributed by atoms with van der Waals surface area (Å²) >= 11 is 0. The first-order chi connectivity index (χ1) is 11.8. The van der Waals surface area contributed by atoms with Gasteiger partial charge in [-0.3, -0.25) is 0 Å². The van der Waals surface area contributed by atoms with Crippen LogP contribution in [-0.2, 0) is 0 Å². The molecule has 4 unspecified atom stereocenters. The summed E-state index contributed by atoms with van der Waals surface area (Å²) in [7, 11) is 0. The van der Waals surface area contributed by atoms with Crippen LogP contribution in [0.5, 0.6) is 0 Å². The lowest BCUT2D eigenvalue weighted by Gasteiger charge is -2.44. The smallest absolute Gasteiger partial charge is 0.376 e. The van der Waals surface area contributed by atoms with E-state index in [1.807, 2.05) is 0 Å². The number of rotatable bonds is 5. The van der Waals surface area contributed by atoms with Gasteiger partial charge in [-0.1, -0.05) is 6.42 Å². The molecule has 2 aliphatic rings. The van der Waals surface area contributed by atoms with Gasteiger partial charge < -0.3 is 5.11 Å². The zero-order valence-electron chi connectivity index (χ0n) is 13.3. The molecule has 0 aliphatic heterocycles. The van der Waals surface area contributed by atoms with Crippen molar-refractivity contribution < 1.29 is 57.8 Å². The maximum absolute atomic E-state index is 14.0. The summed E-state index contributed by atoms with van der Waals surface area (Å²) in [6.07, 6.45) is -15.0. The Morgan fingerprint density at radius 3 is 1.48 bits per heavy atom. The Bertz CT molecular complexity index is 565. The van der Waals surface area contributed by atoms with Crippen LogP contribution < -0.4 is 0 Å². The summed E-state index contributed by atoms with van der Waals surface area (Å²) in [4.78, 5) is 0. The highest BCUT2D eigenvalue weighted by Crippen LogP contribution is 2.62. The predicted octanol–water partition coefficient (Wildman–Crippen LogP) is 5.57. The molecule has 0 spiro atoms. The fraction of sp³-hybridized carbons (Fsp3) is 1.00. The van der Waals surface area contributed by atoms with E-state index in [2.05, 4.69) is 0 Å². The summed E-state index contributed by atoms with van der Waals surface area (Å²) in [6.45, 7) is 0. The van der Waals surface area contributed by atoms with Crippen molar-refractivity contribution in [2.75, 3.05) is 0 Å². The molecule has 0 saturated heterocycles. The minimum Gasteiger partial charge on any atom is -0.376 e. The van der Waals surface area contributed by atoms with Gasteiger partial charge in [0, 0.05) is 0 Å². The first kappa shape index (κ1) is 22.4. The highest BCUT2D eigenvalue weighted by molar-refractivity contribution is 5.13. The van der Waals surface area contributed by atoms with E-state index in [1.165, 1.54) is 0 Å². The van der Waals surface area contributed by atoms with Crippen LogP contribution >= 0.6 is 0 Å². The van der Waals surface area contributed by atoms with Gasteiger partial charge in [0.15, 0.2) is 0 Å². The number of hydrogen-bond acceptors (Lipinski definition) is 1. The summed E-state index contributed by atoms with van der Waals surface area (Å²) in [5.41, 5.74) is -5.76. The van der Waals surface area contributed by atoms with Crippen molar-refractivity contribution in [1.29, 1.82) is 0 Å². The van der Waals surface area contributed by atoms with Gasteiger partial charge >= 0.3 is 30.1 Å². The van der Waals surface area contributed by atoms with Gasteiger partial charge in [0.2, 0.25) is 5.60 Å². The Labute approximate surface area is 144 Å². The second kappa shape index (κ2) is 6.06. The van der Waals surface area contributed by atoms with E-state index in [9.17, 15) is 57.8 Å². The van der Waals surface area contributed by atoms with Crippen molar-refractivity contribution in [3.05, 3.63) is 0 Å². The predicted molar refractivity (Wildman–Crippen MR) is 65.5 cm³/mol. The van der Waals surface area contributed by atoms with Crippen molar-refractivity contribution >= 4 is 0 Å². The molecule has 0 aromatic carbocycles. The minimum atomic E-state index is -7.54. The first-order valence-electron chi connectivity index (χ1n) is 7.79. The summed E-state index contributed by atoms with van der Waals surface area (Å²) < 4.78 is 157. The van der Waals surface area contributed by atoms with Gasteiger partial charge in [0.25, 0.3) is 0 Å². The Kier molecular flexibility index (Phi) is 5.03. The zero-order chi connectivity index (χ0) is 21.3. The quantitative estimate of drug-likeness (QED) is 0.570. The van der Waals surface area contributed by atoms with Crippen LogP contribution in [0.3, 0.4) is 0 Å². The van der Waals surface area contributed by atoms with Crippen LogP contribution in [0.25, 0.3) is 0 Å². The van der Waals surface area contributed by atoms with E-state index in [1.54, 1.807) is 0 Å². The molecule has 0 radical (unpaired) electrons. The average molecular weight is 426 g/mol.